The largest absolute Gasteiger partial charge is 0.474 e. The molecule has 1 saturated heterocycles. The van der Waals surface area contributed by atoms with Crippen molar-refractivity contribution in [2.75, 3.05) is 18.5 Å². The van der Waals surface area contributed by atoms with Gasteiger partial charge in [-0.3, -0.25) is 4.79 Å². The molecule has 1 amide bonds. The van der Waals surface area contributed by atoms with Gasteiger partial charge in [-0.15, -0.1) is 0 Å². The van der Waals surface area contributed by atoms with Gasteiger partial charge in [0.1, 0.15) is 6.10 Å². The van der Waals surface area contributed by atoms with Crippen LogP contribution in [0.25, 0.3) is 11.0 Å². The van der Waals surface area contributed by atoms with E-state index < -0.39 is 0 Å². The van der Waals surface area contributed by atoms with Crippen LogP contribution in [0.15, 0.2) is 41.3 Å². The molecule has 4 rings (SSSR count). The van der Waals surface area contributed by atoms with Gasteiger partial charge < -0.3 is 24.8 Å². The van der Waals surface area contributed by atoms with Crippen LogP contribution < -0.4 is 15.7 Å². The first-order valence-corrected chi connectivity index (χ1v) is 8.41. The van der Waals surface area contributed by atoms with E-state index in [1.807, 2.05) is 0 Å². The number of pyridine rings is 1. The quantitative estimate of drug-likeness (QED) is 0.664. The Balaban J connectivity index is 1.42. The number of imidazole rings is 1. The first-order chi connectivity index (χ1) is 12.7. The number of fused-ring (bicyclic) bond motifs is 1. The Kier molecular flexibility index (Phi) is 4.40. The molecule has 0 bridgehead atoms. The van der Waals surface area contributed by atoms with Gasteiger partial charge in [0.15, 0.2) is 0 Å². The number of hydrogen-bond acceptors (Lipinski definition) is 5. The Hall–Kier alpha value is -3.13. The van der Waals surface area contributed by atoms with Gasteiger partial charge in [-0.2, -0.15) is 0 Å². The Morgan fingerprint density at radius 3 is 2.73 bits per heavy atom. The number of ether oxygens (including phenoxy) is 2. The average Bonchev–Trinajstić information content (AvgIpc) is 3.02. The third-order valence-electron chi connectivity index (χ3n) is 4.23. The van der Waals surface area contributed by atoms with Gasteiger partial charge in [0.2, 0.25) is 5.88 Å². The smallest absolute Gasteiger partial charge is 0.323 e. The number of nitrogens with one attached hydrogen (secondary N) is 3. The summed E-state index contributed by atoms with van der Waals surface area (Å²) in [5, 5.41) is 2.79. The minimum atomic E-state index is -0.285. The Morgan fingerprint density at radius 1 is 1.15 bits per heavy atom. The number of amides is 1. The summed E-state index contributed by atoms with van der Waals surface area (Å²) in [6, 6.07) is 8.51. The molecule has 0 spiro atoms. The van der Waals surface area contributed by atoms with Crippen LogP contribution in [0.4, 0.5) is 5.69 Å². The molecule has 8 heteroatoms. The predicted octanol–water partition coefficient (Wildman–Crippen LogP) is 2.06. The molecule has 0 aliphatic carbocycles. The molecule has 2 aromatic heterocycles. The van der Waals surface area contributed by atoms with Gasteiger partial charge in [-0.05, 0) is 24.3 Å². The standard InChI is InChI=1S/C18H18N4O4/c23-17(20-12-2-3-14-15(9-12)22-18(24)21-14)11-1-4-16(19-10-11)26-13-5-7-25-8-6-13/h1-4,9-10,13H,5-8H2,(H,20,23)(H2,21,22,24). The Labute approximate surface area is 148 Å². The summed E-state index contributed by atoms with van der Waals surface area (Å²) in [4.78, 5) is 33.2. The van der Waals surface area contributed by atoms with E-state index in [-0.39, 0.29) is 17.7 Å². The second-order valence-electron chi connectivity index (χ2n) is 6.11. The molecule has 3 aromatic rings. The lowest BCUT2D eigenvalue weighted by Gasteiger charge is -2.22. The van der Waals surface area contributed by atoms with E-state index in [0.717, 1.165) is 12.8 Å². The number of aromatic nitrogens is 3. The summed E-state index contributed by atoms with van der Waals surface area (Å²) < 4.78 is 11.1. The zero-order valence-electron chi connectivity index (χ0n) is 14.0. The molecule has 0 unspecified atom stereocenters. The highest BCUT2D eigenvalue weighted by Crippen LogP contribution is 2.18. The van der Waals surface area contributed by atoms with Crippen LogP contribution in [-0.4, -0.2) is 40.2 Å². The van der Waals surface area contributed by atoms with Gasteiger partial charge in [0, 0.05) is 30.8 Å². The molecule has 0 atom stereocenters. The summed E-state index contributed by atoms with van der Waals surface area (Å²) in [5.41, 5.74) is 2.04. The van der Waals surface area contributed by atoms with E-state index in [1.165, 1.54) is 6.20 Å². The van der Waals surface area contributed by atoms with E-state index in [0.29, 0.717) is 41.4 Å². The zero-order chi connectivity index (χ0) is 17.9. The SMILES string of the molecule is O=C(Nc1ccc2[nH]c(=O)[nH]c2c1)c1ccc(OC2CCOCC2)nc1. The highest BCUT2D eigenvalue weighted by molar-refractivity contribution is 6.04. The number of benzene rings is 1. The Morgan fingerprint density at radius 2 is 1.96 bits per heavy atom. The summed E-state index contributed by atoms with van der Waals surface area (Å²) >= 11 is 0. The van der Waals surface area contributed by atoms with Crippen LogP contribution in [0.1, 0.15) is 23.2 Å². The fraction of sp³-hybridized carbons (Fsp3) is 0.278. The van der Waals surface area contributed by atoms with E-state index in [1.54, 1.807) is 30.3 Å². The highest BCUT2D eigenvalue weighted by Gasteiger charge is 2.16. The molecule has 1 aliphatic heterocycles. The maximum atomic E-state index is 12.4. The molecule has 1 aliphatic rings. The summed E-state index contributed by atoms with van der Waals surface area (Å²) in [6.45, 7) is 1.39. The molecule has 134 valence electrons. The molecular formula is C18H18N4O4. The van der Waals surface area contributed by atoms with Crippen molar-refractivity contribution in [2.24, 2.45) is 0 Å². The monoisotopic (exact) mass is 354 g/mol. The normalized spacial score (nSPS) is 15.1. The van der Waals surface area contributed by atoms with Crippen molar-refractivity contribution in [1.82, 2.24) is 15.0 Å². The zero-order valence-corrected chi connectivity index (χ0v) is 14.0. The number of carbonyl (C=O) groups is 1. The second kappa shape index (κ2) is 7.01. The molecule has 26 heavy (non-hydrogen) atoms. The maximum absolute atomic E-state index is 12.4. The third-order valence-corrected chi connectivity index (χ3v) is 4.23. The average molecular weight is 354 g/mol. The highest BCUT2D eigenvalue weighted by atomic mass is 16.5. The fourth-order valence-corrected chi connectivity index (χ4v) is 2.86. The van der Waals surface area contributed by atoms with Crippen molar-refractivity contribution in [3.8, 4) is 5.88 Å². The topological polar surface area (TPSA) is 109 Å². The van der Waals surface area contributed by atoms with Crippen molar-refractivity contribution in [2.45, 2.75) is 18.9 Å². The molecule has 1 aromatic carbocycles. The summed E-state index contributed by atoms with van der Waals surface area (Å²) in [7, 11) is 0. The first kappa shape index (κ1) is 16.3. The van der Waals surface area contributed by atoms with E-state index in [2.05, 4.69) is 20.3 Å². The number of carbonyl (C=O) groups excluding carboxylic acids is 1. The third kappa shape index (κ3) is 3.60. The van der Waals surface area contributed by atoms with Crippen molar-refractivity contribution in [3.05, 3.63) is 52.6 Å². The van der Waals surface area contributed by atoms with Crippen molar-refractivity contribution >= 4 is 22.6 Å². The minimum Gasteiger partial charge on any atom is -0.474 e. The lowest BCUT2D eigenvalue weighted by molar-refractivity contribution is 0.0237. The number of anilines is 1. The molecule has 8 nitrogen and oxygen atoms in total. The van der Waals surface area contributed by atoms with Gasteiger partial charge in [-0.1, -0.05) is 0 Å². The van der Waals surface area contributed by atoms with Crippen LogP contribution in [0.3, 0.4) is 0 Å². The van der Waals surface area contributed by atoms with Crippen molar-refractivity contribution < 1.29 is 14.3 Å². The van der Waals surface area contributed by atoms with Crippen LogP contribution in [0.5, 0.6) is 5.88 Å². The molecule has 3 N–H and O–H groups in total. The number of nitrogens with zero attached hydrogens (tertiary/aromatic N) is 1. The number of rotatable bonds is 4. The lowest BCUT2D eigenvalue weighted by atomic mass is 10.1. The first-order valence-electron chi connectivity index (χ1n) is 8.41. The number of H-pyrrole nitrogens is 2. The minimum absolute atomic E-state index is 0.103. The van der Waals surface area contributed by atoms with Crippen LogP contribution in [0.2, 0.25) is 0 Å². The summed E-state index contributed by atoms with van der Waals surface area (Å²) in [6.07, 6.45) is 3.27. The molecular weight excluding hydrogens is 336 g/mol. The maximum Gasteiger partial charge on any atom is 0.323 e. The van der Waals surface area contributed by atoms with Crippen LogP contribution in [0, 0.1) is 0 Å². The second-order valence-corrected chi connectivity index (χ2v) is 6.11. The fourth-order valence-electron chi connectivity index (χ4n) is 2.86. The van der Waals surface area contributed by atoms with Crippen LogP contribution in [-0.2, 0) is 4.74 Å². The number of aromatic amines is 2. The van der Waals surface area contributed by atoms with Gasteiger partial charge in [0.05, 0.1) is 29.8 Å². The Bertz CT molecular complexity index is 971. The molecule has 0 radical (unpaired) electrons. The molecule has 3 heterocycles. The summed E-state index contributed by atoms with van der Waals surface area (Å²) in [5.74, 6) is 0.215. The van der Waals surface area contributed by atoms with Crippen LogP contribution >= 0.6 is 0 Å². The van der Waals surface area contributed by atoms with Gasteiger partial charge in [-0.25, -0.2) is 9.78 Å². The number of hydrogen-bond donors (Lipinski definition) is 3. The molecule has 1 fully saturated rings. The van der Waals surface area contributed by atoms with Gasteiger partial charge >= 0.3 is 5.69 Å². The van der Waals surface area contributed by atoms with Crippen molar-refractivity contribution in [1.29, 1.82) is 0 Å². The van der Waals surface area contributed by atoms with E-state index in [9.17, 15) is 9.59 Å². The van der Waals surface area contributed by atoms with E-state index >= 15 is 0 Å². The lowest BCUT2D eigenvalue weighted by Crippen LogP contribution is -2.26. The van der Waals surface area contributed by atoms with E-state index in [4.69, 9.17) is 9.47 Å². The predicted molar refractivity (Wildman–Crippen MR) is 95.6 cm³/mol. The van der Waals surface area contributed by atoms with Gasteiger partial charge in [0.25, 0.3) is 5.91 Å². The molecule has 0 saturated carbocycles. The van der Waals surface area contributed by atoms with Crippen molar-refractivity contribution in [3.63, 3.8) is 0 Å².